The largest absolute Gasteiger partial charge is 0.362 e. The lowest BCUT2D eigenvalue weighted by Crippen LogP contribution is -2.22. The number of hydrogen-bond donors (Lipinski definition) is 2. The first kappa shape index (κ1) is 14.0. The summed E-state index contributed by atoms with van der Waals surface area (Å²) in [5, 5.41) is 3.52. The van der Waals surface area contributed by atoms with Crippen molar-refractivity contribution in [3.8, 4) is 0 Å². The van der Waals surface area contributed by atoms with Crippen LogP contribution < -0.4 is 11.1 Å². The second-order valence-corrected chi connectivity index (χ2v) is 5.55. The second-order valence-electron chi connectivity index (χ2n) is 5.55. The van der Waals surface area contributed by atoms with Gasteiger partial charge in [-0.1, -0.05) is 36.8 Å². The van der Waals surface area contributed by atoms with Gasteiger partial charge in [0.1, 0.15) is 12.1 Å². The van der Waals surface area contributed by atoms with Gasteiger partial charge in [-0.05, 0) is 31.2 Å². The Kier molecular flexibility index (Phi) is 4.46. The number of fused-ring (bicyclic) bond motifs is 1. The van der Waals surface area contributed by atoms with Crippen LogP contribution in [0.25, 0.3) is 0 Å². The standard InChI is InChI=1S/C17H22N4/c18-11-16(13-7-3-1-4-8-13)21-17-14-9-5-2-6-10-15(14)19-12-20-17/h1,3-4,7-8,12,16H,2,5-6,9-11,18H2,(H,19,20,21). The highest BCUT2D eigenvalue weighted by atomic mass is 15.1. The van der Waals surface area contributed by atoms with Crippen LogP contribution in [0.4, 0.5) is 5.82 Å². The van der Waals surface area contributed by atoms with Gasteiger partial charge in [0.25, 0.3) is 0 Å². The molecule has 2 aromatic rings. The molecule has 110 valence electrons. The first-order valence-electron chi connectivity index (χ1n) is 7.73. The predicted octanol–water partition coefficient (Wildman–Crippen LogP) is 2.86. The van der Waals surface area contributed by atoms with E-state index in [1.165, 1.54) is 36.1 Å². The Morgan fingerprint density at radius 1 is 1.05 bits per heavy atom. The summed E-state index contributed by atoms with van der Waals surface area (Å²) in [5.74, 6) is 0.959. The summed E-state index contributed by atoms with van der Waals surface area (Å²) < 4.78 is 0. The highest BCUT2D eigenvalue weighted by molar-refractivity contribution is 5.48. The molecule has 0 aliphatic heterocycles. The van der Waals surface area contributed by atoms with Gasteiger partial charge in [-0.15, -0.1) is 0 Å². The molecule has 21 heavy (non-hydrogen) atoms. The van der Waals surface area contributed by atoms with E-state index in [4.69, 9.17) is 5.73 Å². The molecule has 0 amide bonds. The van der Waals surface area contributed by atoms with Crippen molar-refractivity contribution in [2.75, 3.05) is 11.9 Å². The van der Waals surface area contributed by atoms with Gasteiger partial charge in [0.15, 0.2) is 0 Å². The van der Waals surface area contributed by atoms with Crippen LogP contribution >= 0.6 is 0 Å². The molecule has 0 bridgehead atoms. The highest BCUT2D eigenvalue weighted by Gasteiger charge is 2.17. The number of nitrogens with two attached hydrogens (primary N) is 1. The average molecular weight is 282 g/mol. The molecule has 4 nitrogen and oxygen atoms in total. The zero-order valence-electron chi connectivity index (χ0n) is 12.3. The van der Waals surface area contributed by atoms with Gasteiger partial charge in [0.2, 0.25) is 0 Å². The van der Waals surface area contributed by atoms with E-state index < -0.39 is 0 Å². The number of benzene rings is 1. The van der Waals surface area contributed by atoms with E-state index in [1.807, 2.05) is 18.2 Å². The number of hydrogen-bond acceptors (Lipinski definition) is 4. The summed E-state index contributed by atoms with van der Waals surface area (Å²) in [7, 11) is 0. The molecule has 0 fully saturated rings. The normalized spacial score (nSPS) is 15.9. The third kappa shape index (κ3) is 3.22. The number of aryl methyl sites for hydroxylation is 1. The Morgan fingerprint density at radius 3 is 2.67 bits per heavy atom. The van der Waals surface area contributed by atoms with Crippen LogP contribution in [0.3, 0.4) is 0 Å². The first-order valence-corrected chi connectivity index (χ1v) is 7.73. The van der Waals surface area contributed by atoms with Crippen molar-refractivity contribution in [3.63, 3.8) is 0 Å². The van der Waals surface area contributed by atoms with Crippen LogP contribution in [0, 0.1) is 0 Å². The third-order valence-electron chi connectivity index (χ3n) is 4.12. The maximum absolute atomic E-state index is 5.95. The summed E-state index contributed by atoms with van der Waals surface area (Å²) in [6.45, 7) is 0.544. The highest BCUT2D eigenvalue weighted by Crippen LogP contribution is 2.26. The Balaban J connectivity index is 1.87. The first-order chi connectivity index (χ1) is 10.4. The Bertz CT molecular complexity index is 583. The van der Waals surface area contributed by atoms with E-state index in [2.05, 4.69) is 27.4 Å². The molecule has 1 heterocycles. The lowest BCUT2D eigenvalue weighted by atomic mass is 10.1. The number of anilines is 1. The van der Waals surface area contributed by atoms with E-state index in [9.17, 15) is 0 Å². The summed E-state index contributed by atoms with van der Waals surface area (Å²) >= 11 is 0. The molecule has 1 unspecified atom stereocenters. The minimum Gasteiger partial charge on any atom is -0.362 e. The van der Waals surface area contributed by atoms with E-state index in [1.54, 1.807) is 6.33 Å². The number of nitrogens with zero attached hydrogens (tertiary/aromatic N) is 2. The van der Waals surface area contributed by atoms with E-state index in [0.29, 0.717) is 6.54 Å². The maximum Gasteiger partial charge on any atom is 0.133 e. The number of aromatic nitrogens is 2. The van der Waals surface area contributed by atoms with Crippen molar-refractivity contribution in [3.05, 3.63) is 53.5 Å². The van der Waals surface area contributed by atoms with Crippen LogP contribution in [0.5, 0.6) is 0 Å². The molecule has 1 aliphatic carbocycles. The van der Waals surface area contributed by atoms with Crippen molar-refractivity contribution in [2.24, 2.45) is 5.73 Å². The van der Waals surface area contributed by atoms with Gasteiger partial charge in [-0.3, -0.25) is 0 Å². The zero-order chi connectivity index (χ0) is 14.5. The Hall–Kier alpha value is -1.94. The predicted molar refractivity (Wildman–Crippen MR) is 85.2 cm³/mol. The van der Waals surface area contributed by atoms with Gasteiger partial charge in [0.05, 0.1) is 6.04 Å². The molecular weight excluding hydrogens is 260 g/mol. The lowest BCUT2D eigenvalue weighted by Gasteiger charge is -2.20. The molecule has 1 aliphatic rings. The van der Waals surface area contributed by atoms with Crippen molar-refractivity contribution in [2.45, 2.75) is 38.1 Å². The molecule has 1 aromatic heterocycles. The van der Waals surface area contributed by atoms with Crippen LogP contribution in [-0.4, -0.2) is 16.5 Å². The average Bonchev–Trinajstić information content (AvgIpc) is 2.79. The van der Waals surface area contributed by atoms with Crippen molar-refractivity contribution in [1.29, 1.82) is 0 Å². The fourth-order valence-electron chi connectivity index (χ4n) is 2.95. The molecule has 0 saturated heterocycles. The molecule has 1 atom stereocenters. The Morgan fingerprint density at radius 2 is 1.86 bits per heavy atom. The fraction of sp³-hybridized carbons (Fsp3) is 0.412. The van der Waals surface area contributed by atoms with Gasteiger partial charge in [-0.2, -0.15) is 0 Å². The van der Waals surface area contributed by atoms with Crippen LogP contribution in [-0.2, 0) is 12.8 Å². The molecular formula is C17H22N4. The summed E-state index contributed by atoms with van der Waals surface area (Å²) in [5.41, 5.74) is 9.63. The van der Waals surface area contributed by atoms with Gasteiger partial charge in [0, 0.05) is 17.8 Å². The summed E-state index contributed by atoms with van der Waals surface area (Å²) in [6, 6.07) is 10.4. The van der Waals surface area contributed by atoms with Crippen molar-refractivity contribution >= 4 is 5.82 Å². The molecule has 3 N–H and O–H groups in total. The SMILES string of the molecule is NCC(Nc1ncnc2c1CCCCC2)c1ccccc1. The van der Waals surface area contributed by atoms with E-state index in [-0.39, 0.29) is 6.04 Å². The summed E-state index contributed by atoms with van der Waals surface area (Å²) in [6.07, 6.45) is 7.51. The quantitative estimate of drug-likeness (QED) is 0.846. The smallest absolute Gasteiger partial charge is 0.133 e. The van der Waals surface area contributed by atoms with Gasteiger partial charge < -0.3 is 11.1 Å². The molecule has 3 rings (SSSR count). The number of rotatable bonds is 4. The van der Waals surface area contributed by atoms with E-state index >= 15 is 0 Å². The molecule has 4 heteroatoms. The minimum absolute atomic E-state index is 0.0912. The molecule has 0 spiro atoms. The third-order valence-corrected chi connectivity index (χ3v) is 4.12. The van der Waals surface area contributed by atoms with Crippen molar-refractivity contribution < 1.29 is 0 Å². The zero-order valence-corrected chi connectivity index (χ0v) is 12.3. The van der Waals surface area contributed by atoms with Crippen LogP contribution in [0.15, 0.2) is 36.7 Å². The van der Waals surface area contributed by atoms with Crippen molar-refractivity contribution in [1.82, 2.24) is 9.97 Å². The van der Waals surface area contributed by atoms with Crippen LogP contribution in [0.1, 0.15) is 42.1 Å². The maximum atomic E-state index is 5.95. The minimum atomic E-state index is 0.0912. The summed E-state index contributed by atoms with van der Waals surface area (Å²) in [4.78, 5) is 8.93. The molecule has 1 aromatic carbocycles. The topological polar surface area (TPSA) is 63.8 Å². The Labute approximate surface area is 125 Å². The molecule has 0 radical (unpaired) electrons. The fourth-order valence-corrected chi connectivity index (χ4v) is 2.95. The van der Waals surface area contributed by atoms with E-state index in [0.717, 1.165) is 18.7 Å². The molecule has 0 saturated carbocycles. The van der Waals surface area contributed by atoms with Crippen LogP contribution in [0.2, 0.25) is 0 Å². The lowest BCUT2D eigenvalue weighted by molar-refractivity contribution is 0.708. The monoisotopic (exact) mass is 282 g/mol. The number of nitrogens with one attached hydrogen (secondary N) is 1. The second kappa shape index (κ2) is 6.68. The van der Waals surface area contributed by atoms with Gasteiger partial charge >= 0.3 is 0 Å². The van der Waals surface area contributed by atoms with Gasteiger partial charge in [-0.25, -0.2) is 9.97 Å².